The van der Waals surface area contributed by atoms with Crippen molar-refractivity contribution in [3.63, 3.8) is 0 Å². The fourth-order valence-electron chi connectivity index (χ4n) is 4.28. The average molecular weight is 595 g/mol. The predicted octanol–water partition coefficient (Wildman–Crippen LogP) is 8.64. The zero-order valence-electron chi connectivity index (χ0n) is 21.8. The third-order valence-corrected chi connectivity index (χ3v) is 7.63. The molecule has 0 aliphatic rings. The van der Waals surface area contributed by atoms with Crippen LogP contribution >= 0.6 is 34.8 Å². The number of hydrogen-bond acceptors (Lipinski definition) is 4. The molecule has 5 rings (SSSR count). The van der Waals surface area contributed by atoms with Crippen molar-refractivity contribution in [2.75, 3.05) is 5.32 Å². The van der Waals surface area contributed by atoms with Crippen LogP contribution in [-0.4, -0.2) is 15.7 Å². The van der Waals surface area contributed by atoms with Crippen molar-refractivity contribution < 1.29 is 13.9 Å². The smallest absolute Gasteiger partial charge is 0.292 e. The van der Waals surface area contributed by atoms with E-state index in [0.29, 0.717) is 33.1 Å². The molecule has 0 fully saturated rings. The Kier molecular flexibility index (Phi) is 8.22. The molecule has 1 N–H and O–H groups in total. The second-order valence-corrected chi connectivity index (χ2v) is 11.0. The Balaban J connectivity index is 1.17. The number of hydrogen-bond donors (Lipinski definition) is 1. The highest BCUT2D eigenvalue weighted by atomic mass is 35.5. The fraction of sp³-hybridized carbons (Fsp3) is 0.161. The summed E-state index contributed by atoms with van der Waals surface area (Å²) in [5.74, 6) is 1.08. The van der Waals surface area contributed by atoms with Crippen molar-refractivity contribution in [2.24, 2.45) is 0 Å². The van der Waals surface area contributed by atoms with Crippen LogP contribution < -0.4 is 10.1 Å². The third kappa shape index (κ3) is 6.36. The van der Waals surface area contributed by atoms with Gasteiger partial charge in [-0.3, -0.25) is 9.48 Å². The molecule has 0 spiro atoms. The van der Waals surface area contributed by atoms with E-state index in [1.54, 1.807) is 35.1 Å². The van der Waals surface area contributed by atoms with E-state index >= 15 is 0 Å². The van der Waals surface area contributed by atoms with Gasteiger partial charge >= 0.3 is 0 Å². The Bertz CT molecular complexity index is 1630. The van der Waals surface area contributed by atoms with E-state index in [4.69, 9.17) is 44.0 Å². The van der Waals surface area contributed by atoms with Crippen molar-refractivity contribution in [1.82, 2.24) is 9.78 Å². The van der Waals surface area contributed by atoms with E-state index < -0.39 is 5.91 Å². The van der Waals surface area contributed by atoms with Gasteiger partial charge < -0.3 is 14.5 Å². The average Bonchev–Trinajstić information content (AvgIpc) is 3.56. The summed E-state index contributed by atoms with van der Waals surface area (Å²) in [5.41, 5.74) is 3.17. The van der Waals surface area contributed by atoms with Gasteiger partial charge in [0.1, 0.15) is 23.1 Å². The number of anilines is 1. The number of nitrogens with one attached hydrogen (secondary N) is 1. The number of halogens is 3. The number of furan rings is 1. The molecule has 0 bridgehead atoms. The Hall–Kier alpha value is -3.71. The maximum absolute atomic E-state index is 12.8. The van der Waals surface area contributed by atoms with Crippen LogP contribution in [0, 0.1) is 0 Å². The van der Waals surface area contributed by atoms with Crippen LogP contribution in [0.15, 0.2) is 95.5 Å². The molecule has 0 saturated carbocycles. The van der Waals surface area contributed by atoms with Crippen LogP contribution in [0.4, 0.5) is 5.82 Å². The molecule has 0 unspecified atom stereocenters. The van der Waals surface area contributed by atoms with Gasteiger partial charge in [0.15, 0.2) is 11.6 Å². The number of nitrogens with zero attached hydrogens (tertiary/aromatic N) is 2. The minimum Gasteiger partial charge on any atom is -0.486 e. The molecule has 0 aliphatic heterocycles. The van der Waals surface area contributed by atoms with Crippen molar-refractivity contribution in [1.29, 1.82) is 0 Å². The second kappa shape index (κ2) is 11.8. The van der Waals surface area contributed by atoms with E-state index in [0.717, 1.165) is 5.56 Å². The highest BCUT2D eigenvalue weighted by molar-refractivity contribution is 6.42. The Morgan fingerprint density at radius 1 is 0.900 bits per heavy atom. The van der Waals surface area contributed by atoms with Gasteiger partial charge in [-0.2, -0.15) is 5.10 Å². The summed E-state index contributed by atoms with van der Waals surface area (Å²) in [4.78, 5) is 12.8. The van der Waals surface area contributed by atoms with Gasteiger partial charge in [0, 0.05) is 11.6 Å². The predicted molar refractivity (Wildman–Crippen MR) is 159 cm³/mol. The number of benzene rings is 3. The summed E-state index contributed by atoms with van der Waals surface area (Å²) in [7, 11) is 0. The minimum atomic E-state index is -0.472. The number of ether oxygens (including phenoxy) is 1. The summed E-state index contributed by atoms with van der Waals surface area (Å²) in [6, 6.07) is 27.0. The SMILES string of the molecule is CC(C)(c1ccccc1)c1ccc(OCc2ccc(C(=O)Nc3nn(Cc4ccc(Cl)c(Cl)c4)cc3Cl)o2)cc1. The lowest BCUT2D eigenvalue weighted by Crippen LogP contribution is -2.18. The Morgan fingerprint density at radius 3 is 2.35 bits per heavy atom. The topological polar surface area (TPSA) is 69.3 Å². The van der Waals surface area contributed by atoms with Crippen LogP contribution in [0.1, 0.15) is 46.9 Å². The van der Waals surface area contributed by atoms with Crippen molar-refractivity contribution in [3.8, 4) is 5.75 Å². The van der Waals surface area contributed by atoms with Gasteiger partial charge in [0.05, 0.1) is 16.6 Å². The van der Waals surface area contributed by atoms with Crippen LogP contribution in [-0.2, 0) is 18.6 Å². The van der Waals surface area contributed by atoms with Crippen LogP contribution in [0.3, 0.4) is 0 Å². The molecule has 40 heavy (non-hydrogen) atoms. The maximum Gasteiger partial charge on any atom is 0.292 e. The molecule has 0 radical (unpaired) electrons. The van der Waals surface area contributed by atoms with E-state index in [2.05, 4.69) is 48.5 Å². The highest BCUT2D eigenvalue weighted by Crippen LogP contribution is 2.32. The summed E-state index contributed by atoms with van der Waals surface area (Å²) >= 11 is 18.4. The Morgan fingerprint density at radius 2 is 1.62 bits per heavy atom. The molecule has 2 aromatic heterocycles. The first-order valence-electron chi connectivity index (χ1n) is 12.5. The van der Waals surface area contributed by atoms with E-state index in [1.165, 1.54) is 11.1 Å². The number of carbonyl (C=O) groups excluding carboxylic acids is 1. The second-order valence-electron chi connectivity index (χ2n) is 9.80. The zero-order chi connectivity index (χ0) is 28.3. The maximum atomic E-state index is 12.8. The van der Waals surface area contributed by atoms with Gasteiger partial charge in [-0.05, 0) is 53.1 Å². The van der Waals surface area contributed by atoms with Crippen LogP contribution in [0.2, 0.25) is 15.1 Å². The molecule has 3 aromatic carbocycles. The quantitative estimate of drug-likeness (QED) is 0.185. The number of carbonyl (C=O) groups is 1. The molecule has 0 atom stereocenters. The molecule has 5 aromatic rings. The monoisotopic (exact) mass is 593 g/mol. The highest BCUT2D eigenvalue weighted by Gasteiger charge is 2.23. The molecular weight excluding hydrogens is 569 g/mol. The van der Waals surface area contributed by atoms with Gasteiger partial charge in [0.25, 0.3) is 5.91 Å². The summed E-state index contributed by atoms with van der Waals surface area (Å²) < 4.78 is 13.2. The first kappa shape index (κ1) is 27.8. The molecule has 1 amide bonds. The van der Waals surface area contributed by atoms with E-state index in [-0.39, 0.29) is 23.6 Å². The summed E-state index contributed by atoms with van der Waals surface area (Å²) in [6.45, 7) is 4.97. The van der Waals surface area contributed by atoms with Gasteiger partial charge in [-0.25, -0.2) is 0 Å². The molecule has 6 nitrogen and oxygen atoms in total. The lowest BCUT2D eigenvalue weighted by Gasteiger charge is -2.26. The normalized spacial score (nSPS) is 11.4. The van der Waals surface area contributed by atoms with Crippen LogP contribution in [0.25, 0.3) is 0 Å². The zero-order valence-corrected chi connectivity index (χ0v) is 24.1. The number of rotatable bonds is 9. The molecule has 9 heteroatoms. The molecule has 204 valence electrons. The first-order chi connectivity index (χ1) is 19.2. The van der Waals surface area contributed by atoms with Crippen LogP contribution in [0.5, 0.6) is 5.75 Å². The van der Waals surface area contributed by atoms with Gasteiger partial charge in [-0.1, -0.05) is 97.2 Å². The van der Waals surface area contributed by atoms with Gasteiger partial charge in [0.2, 0.25) is 0 Å². The van der Waals surface area contributed by atoms with Crippen molar-refractivity contribution >= 4 is 46.5 Å². The van der Waals surface area contributed by atoms with Crippen molar-refractivity contribution in [2.45, 2.75) is 32.4 Å². The lowest BCUT2D eigenvalue weighted by atomic mass is 9.78. The van der Waals surface area contributed by atoms with E-state index in [1.807, 2.05) is 36.4 Å². The standard InChI is InChI=1S/C31H26Cl3N3O3/c1-31(2,21-6-4-3-5-7-21)22-9-11-23(12-10-22)39-19-24-13-15-28(40-24)30(38)35-29-27(34)18-37(36-29)17-20-8-14-25(32)26(33)16-20/h3-16,18H,17,19H2,1-2H3,(H,35,36,38). The van der Waals surface area contributed by atoms with Gasteiger partial charge in [-0.15, -0.1) is 0 Å². The molecule has 0 aliphatic carbocycles. The minimum absolute atomic E-state index is 0.119. The summed E-state index contributed by atoms with van der Waals surface area (Å²) in [5, 5.41) is 8.27. The first-order valence-corrected chi connectivity index (χ1v) is 13.7. The van der Waals surface area contributed by atoms with Crippen molar-refractivity contribution in [3.05, 3.63) is 134 Å². The van der Waals surface area contributed by atoms with E-state index in [9.17, 15) is 4.79 Å². The molecular formula is C31H26Cl3N3O3. The third-order valence-electron chi connectivity index (χ3n) is 6.62. The number of aromatic nitrogens is 2. The summed E-state index contributed by atoms with van der Waals surface area (Å²) in [6.07, 6.45) is 1.62. The largest absolute Gasteiger partial charge is 0.486 e. The Labute approximate surface area is 247 Å². The molecule has 2 heterocycles. The molecule has 0 saturated heterocycles. The lowest BCUT2D eigenvalue weighted by molar-refractivity contribution is 0.0992. The number of amides is 1. The fourth-order valence-corrected chi connectivity index (χ4v) is 4.80.